The van der Waals surface area contributed by atoms with Crippen LogP contribution in [0.3, 0.4) is 0 Å². The van der Waals surface area contributed by atoms with Crippen molar-refractivity contribution in [3.63, 3.8) is 0 Å². The number of nitrogens with one attached hydrogen (secondary N) is 1. The molecule has 0 amide bonds. The van der Waals surface area contributed by atoms with Gasteiger partial charge in [-0.25, -0.2) is 0 Å². The zero-order valence-electron chi connectivity index (χ0n) is 12.8. The Hall–Kier alpha value is -0.120. The third-order valence-corrected chi connectivity index (χ3v) is 3.15. The van der Waals surface area contributed by atoms with Crippen LogP contribution in [0, 0.1) is 0 Å². The van der Waals surface area contributed by atoms with Crippen molar-refractivity contribution in [2.24, 2.45) is 0 Å². The first kappa shape index (κ1) is 17.9. The molecule has 0 radical (unpaired) electrons. The highest BCUT2D eigenvalue weighted by Crippen LogP contribution is 2.13. The van der Waals surface area contributed by atoms with Crippen LogP contribution in [0.1, 0.15) is 66.2 Å². The van der Waals surface area contributed by atoms with Gasteiger partial charge in [-0.3, -0.25) is 0 Å². The molecule has 1 unspecified atom stereocenters. The first-order valence-corrected chi connectivity index (χ1v) is 7.50. The van der Waals surface area contributed by atoms with Crippen molar-refractivity contribution >= 4 is 0 Å². The van der Waals surface area contributed by atoms with Gasteiger partial charge in [0.25, 0.3) is 0 Å². The summed E-state index contributed by atoms with van der Waals surface area (Å²) in [6.45, 7) is 10.4. The Morgan fingerprint density at radius 1 is 1.11 bits per heavy atom. The summed E-state index contributed by atoms with van der Waals surface area (Å²) in [6, 6.07) is 0.400. The van der Waals surface area contributed by atoms with E-state index in [-0.39, 0.29) is 12.1 Å². The molecule has 0 fully saturated rings. The Morgan fingerprint density at radius 3 is 2.33 bits per heavy atom. The van der Waals surface area contributed by atoms with Crippen LogP contribution in [0.25, 0.3) is 0 Å². The molecular formula is C15H33NO2. The Labute approximate surface area is 113 Å². The molecule has 0 spiro atoms. The average Bonchev–Trinajstić information content (AvgIpc) is 2.32. The Bertz CT molecular complexity index is 185. The lowest BCUT2D eigenvalue weighted by Gasteiger charge is -2.31. The minimum Gasteiger partial charge on any atom is -0.394 e. The van der Waals surface area contributed by atoms with Gasteiger partial charge in [0.15, 0.2) is 0 Å². The second-order valence-electron chi connectivity index (χ2n) is 5.79. The first-order chi connectivity index (χ1) is 8.54. The van der Waals surface area contributed by atoms with E-state index >= 15 is 0 Å². The fraction of sp³-hybridized carbons (Fsp3) is 1.00. The average molecular weight is 259 g/mol. The highest BCUT2D eigenvalue weighted by atomic mass is 16.5. The maximum absolute atomic E-state index is 9.43. The van der Waals surface area contributed by atoms with E-state index in [2.05, 4.69) is 33.0 Å². The summed E-state index contributed by atoms with van der Waals surface area (Å²) in [5, 5.41) is 12.8. The zero-order chi connectivity index (χ0) is 13.9. The highest BCUT2D eigenvalue weighted by molar-refractivity contribution is 4.83. The molecule has 0 bridgehead atoms. The molecule has 0 aromatic carbocycles. The van der Waals surface area contributed by atoms with Crippen LogP contribution in [0.5, 0.6) is 0 Å². The van der Waals surface area contributed by atoms with Crippen molar-refractivity contribution in [2.45, 2.75) is 77.8 Å². The molecule has 0 rings (SSSR count). The van der Waals surface area contributed by atoms with E-state index in [1.165, 1.54) is 25.7 Å². The number of rotatable bonds is 12. The fourth-order valence-electron chi connectivity index (χ4n) is 2.19. The van der Waals surface area contributed by atoms with Crippen molar-refractivity contribution in [3.05, 3.63) is 0 Å². The molecule has 3 nitrogen and oxygen atoms in total. The number of ether oxygens (including phenoxy) is 1. The van der Waals surface area contributed by atoms with Gasteiger partial charge in [-0.15, -0.1) is 0 Å². The van der Waals surface area contributed by atoms with Gasteiger partial charge in [0.05, 0.1) is 6.61 Å². The van der Waals surface area contributed by atoms with Crippen molar-refractivity contribution in [2.75, 3.05) is 19.8 Å². The van der Waals surface area contributed by atoms with E-state index in [0.717, 1.165) is 26.1 Å². The normalized spacial score (nSPS) is 15.0. The Balaban J connectivity index is 3.50. The number of hydrogen-bond acceptors (Lipinski definition) is 3. The number of aliphatic hydroxyl groups is 1. The molecule has 110 valence electrons. The largest absolute Gasteiger partial charge is 0.394 e. The molecule has 0 saturated heterocycles. The molecule has 0 aromatic heterocycles. The van der Waals surface area contributed by atoms with E-state index in [1.807, 2.05) is 0 Å². The second-order valence-corrected chi connectivity index (χ2v) is 5.79. The molecule has 2 N–H and O–H groups in total. The van der Waals surface area contributed by atoms with Crippen LogP contribution < -0.4 is 5.32 Å². The quantitative estimate of drug-likeness (QED) is 0.529. The van der Waals surface area contributed by atoms with Crippen LogP contribution in [-0.4, -0.2) is 36.5 Å². The summed E-state index contributed by atoms with van der Waals surface area (Å²) in [5.41, 5.74) is -0.167. The van der Waals surface area contributed by atoms with Crippen LogP contribution in [0.15, 0.2) is 0 Å². The van der Waals surface area contributed by atoms with Crippen LogP contribution in [0.2, 0.25) is 0 Å². The summed E-state index contributed by atoms with van der Waals surface area (Å²) >= 11 is 0. The van der Waals surface area contributed by atoms with Gasteiger partial charge >= 0.3 is 0 Å². The summed E-state index contributed by atoms with van der Waals surface area (Å²) in [6.07, 6.45) is 7.00. The van der Waals surface area contributed by atoms with Gasteiger partial charge in [-0.1, -0.05) is 40.0 Å². The predicted octanol–water partition coefficient (Wildman–Crippen LogP) is 3.11. The monoisotopic (exact) mass is 259 g/mol. The van der Waals surface area contributed by atoms with E-state index in [0.29, 0.717) is 6.04 Å². The number of hydrogen-bond donors (Lipinski definition) is 2. The minimum atomic E-state index is -0.167. The van der Waals surface area contributed by atoms with E-state index in [1.54, 1.807) is 0 Å². The SMILES string of the molecule is CCCCCCOCCCC(C)(CO)NC(C)C. The maximum Gasteiger partial charge on any atom is 0.0610 e. The topological polar surface area (TPSA) is 41.5 Å². The molecule has 0 aromatic rings. The van der Waals surface area contributed by atoms with Crippen molar-refractivity contribution in [3.8, 4) is 0 Å². The van der Waals surface area contributed by atoms with E-state index in [4.69, 9.17) is 4.74 Å². The molecule has 0 saturated carbocycles. The molecule has 0 heterocycles. The fourth-order valence-corrected chi connectivity index (χ4v) is 2.19. The molecule has 1 atom stereocenters. The molecule has 18 heavy (non-hydrogen) atoms. The predicted molar refractivity (Wildman–Crippen MR) is 78.0 cm³/mol. The second kappa shape index (κ2) is 10.8. The van der Waals surface area contributed by atoms with Crippen LogP contribution in [-0.2, 0) is 4.74 Å². The van der Waals surface area contributed by atoms with Crippen molar-refractivity contribution in [1.29, 1.82) is 0 Å². The molecule has 0 aliphatic heterocycles. The Morgan fingerprint density at radius 2 is 1.78 bits per heavy atom. The van der Waals surface area contributed by atoms with Crippen LogP contribution in [0.4, 0.5) is 0 Å². The lowest BCUT2D eigenvalue weighted by molar-refractivity contribution is 0.105. The van der Waals surface area contributed by atoms with Gasteiger partial charge in [0, 0.05) is 24.8 Å². The minimum absolute atomic E-state index is 0.167. The maximum atomic E-state index is 9.43. The van der Waals surface area contributed by atoms with Crippen molar-refractivity contribution in [1.82, 2.24) is 5.32 Å². The van der Waals surface area contributed by atoms with Gasteiger partial charge in [0.1, 0.15) is 0 Å². The third kappa shape index (κ3) is 9.86. The molecule has 0 aliphatic carbocycles. The third-order valence-electron chi connectivity index (χ3n) is 3.15. The number of aliphatic hydroxyl groups excluding tert-OH is 1. The zero-order valence-corrected chi connectivity index (χ0v) is 12.8. The van der Waals surface area contributed by atoms with E-state index < -0.39 is 0 Å². The smallest absolute Gasteiger partial charge is 0.0610 e. The Kier molecular flexibility index (Phi) is 10.7. The highest BCUT2D eigenvalue weighted by Gasteiger charge is 2.22. The molecular weight excluding hydrogens is 226 g/mol. The van der Waals surface area contributed by atoms with Gasteiger partial charge in [0.2, 0.25) is 0 Å². The lowest BCUT2D eigenvalue weighted by Crippen LogP contribution is -2.49. The van der Waals surface area contributed by atoms with Gasteiger partial charge in [-0.05, 0) is 26.2 Å². The lowest BCUT2D eigenvalue weighted by atomic mass is 9.96. The molecule has 0 aliphatic rings. The number of unbranched alkanes of at least 4 members (excludes halogenated alkanes) is 3. The summed E-state index contributed by atoms with van der Waals surface area (Å²) < 4.78 is 5.62. The summed E-state index contributed by atoms with van der Waals surface area (Å²) in [4.78, 5) is 0. The summed E-state index contributed by atoms with van der Waals surface area (Å²) in [5.74, 6) is 0. The van der Waals surface area contributed by atoms with E-state index in [9.17, 15) is 5.11 Å². The summed E-state index contributed by atoms with van der Waals surface area (Å²) in [7, 11) is 0. The first-order valence-electron chi connectivity index (χ1n) is 7.50. The molecule has 3 heteroatoms. The van der Waals surface area contributed by atoms with Crippen molar-refractivity contribution < 1.29 is 9.84 Å². The van der Waals surface area contributed by atoms with Crippen LogP contribution >= 0.6 is 0 Å². The van der Waals surface area contributed by atoms with Gasteiger partial charge < -0.3 is 15.2 Å². The standard InChI is InChI=1S/C15H33NO2/c1-5-6-7-8-11-18-12-9-10-15(4,13-17)16-14(2)3/h14,16-17H,5-13H2,1-4H3. The van der Waals surface area contributed by atoms with Gasteiger partial charge in [-0.2, -0.15) is 0 Å².